The van der Waals surface area contributed by atoms with Crippen LogP contribution in [0.25, 0.3) is 0 Å². The summed E-state index contributed by atoms with van der Waals surface area (Å²) >= 11 is 0. The number of esters is 1. The molecule has 1 atom stereocenters. The van der Waals surface area contributed by atoms with Gasteiger partial charge in [-0.25, -0.2) is 4.79 Å². The molecule has 0 fully saturated rings. The van der Waals surface area contributed by atoms with E-state index in [1.807, 2.05) is 0 Å². The normalized spacial score (nSPS) is 12.8. The van der Waals surface area contributed by atoms with E-state index in [-0.39, 0.29) is 0 Å². The Hall–Kier alpha value is -1.09. The summed E-state index contributed by atoms with van der Waals surface area (Å²) in [5.74, 6) is -0.402. The Labute approximate surface area is 72.3 Å². The third-order valence-corrected chi connectivity index (χ3v) is 1.30. The molecule has 0 heterocycles. The highest BCUT2D eigenvalue weighted by molar-refractivity contribution is 5.81. The highest BCUT2D eigenvalue weighted by Gasteiger charge is 1.97. The monoisotopic (exact) mass is 170 g/mol. The van der Waals surface area contributed by atoms with Crippen LogP contribution in [0.4, 0.5) is 0 Å². The van der Waals surface area contributed by atoms with Crippen LogP contribution < -0.4 is 0 Å². The predicted molar refractivity (Wildman–Crippen MR) is 46.6 cm³/mol. The fourth-order valence-corrected chi connectivity index (χ4v) is 0.678. The summed E-state index contributed by atoms with van der Waals surface area (Å²) in [5, 5.41) is 9.16. The molecule has 0 saturated heterocycles. The Morgan fingerprint density at radius 2 is 2.33 bits per heavy atom. The SMILES string of the molecule is C=CC[C@@H](O)C/C=C\C(=O)OC. The lowest BCUT2D eigenvalue weighted by Gasteiger charge is -2.01. The predicted octanol–water partition coefficient (Wildman–Crippen LogP) is 1.04. The lowest BCUT2D eigenvalue weighted by Crippen LogP contribution is -2.03. The van der Waals surface area contributed by atoms with Gasteiger partial charge in [-0.3, -0.25) is 0 Å². The van der Waals surface area contributed by atoms with Crippen LogP contribution in [-0.2, 0) is 9.53 Å². The van der Waals surface area contributed by atoms with Gasteiger partial charge in [0.1, 0.15) is 0 Å². The van der Waals surface area contributed by atoms with E-state index in [1.54, 1.807) is 12.2 Å². The van der Waals surface area contributed by atoms with Crippen LogP contribution >= 0.6 is 0 Å². The summed E-state index contributed by atoms with van der Waals surface area (Å²) in [7, 11) is 1.31. The van der Waals surface area contributed by atoms with Crippen molar-refractivity contribution in [2.45, 2.75) is 18.9 Å². The highest BCUT2D eigenvalue weighted by atomic mass is 16.5. The van der Waals surface area contributed by atoms with Crippen molar-refractivity contribution < 1.29 is 14.6 Å². The standard InChI is InChI=1S/C9H14O3/c1-3-5-8(10)6-4-7-9(11)12-2/h3-4,7-8,10H,1,5-6H2,2H3/b7-4-/t8-/m1/s1. The Balaban J connectivity index is 3.58. The second kappa shape index (κ2) is 6.61. The summed E-state index contributed by atoms with van der Waals surface area (Å²) in [4.78, 5) is 10.5. The minimum atomic E-state index is -0.455. The molecule has 0 aromatic heterocycles. The van der Waals surface area contributed by atoms with E-state index < -0.39 is 12.1 Å². The molecule has 1 N–H and O–H groups in total. The Kier molecular flexibility index (Phi) is 6.01. The van der Waals surface area contributed by atoms with Crippen molar-refractivity contribution in [1.29, 1.82) is 0 Å². The first-order valence-electron chi connectivity index (χ1n) is 3.74. The summed E-state index contributed by atoms with van der Waals surface area (Å²) in [6.45, 7) is 3.48. The number of aliphatic hydroxyl groups excluding tert-OH is 1. The fraction of sp³-hybridized carbons (Fsp3) is 0.444. The van der Waals surface area contributed by atoms with E-state index in [0.29, 0.717) is 12.8 Å². The van der Waals surface area contributed by atoms with Gasteiger partial charge in [0.2, 0.25) is 0 Å². The number of hydrogen-bond donors (Lipinski definition) is 1. The van der Waals surface area contributed by atoms with Crippen molar-refractivity contribution in [3.63, 3.8) is 0 Å². The van der Waals surface area contributed by atoms with E-state index in [0.717, 1.165) is 0 Å². The van der Waals surface area contributed by atoms with Gasteiger partial charge in [0, 0.05) is 6.08 Å². The molecular formula is C9H14O3. The molecule has 0 radical (unpaired) electrons. The first-order valence-corrected chi connectivity index (χ1v) is 3.74. The molecule has 0 unspecified atom stereocenters. The molecular weight excluding hydrogens is 156 g/mol. The molecule has 0 bridgehead atoms. The first kappa shape index (κ1) is 10.9. The quantitative estimate of drug-likeness (QED) is 0.381. The molecule has 0 aromatic rings. The first-order chi connectivity index (χ1) is 5.70. The molecule has 0 spiro atoms. The van der Waals surface area contributed by atoms with Crippen molar-refractivity contribution in [3.05, 3.63) is 24.8 Å². The zero-order chi connectivity index (χ0) is 9.40. The van der Waals surface area contributed by atoms with E-state index in [9.17, 15) is 4.79 Å². The molecule has 0 amide bonds. The van der Waals surface area contributed by atoms with Crippen molar-refractivity contribution in [2.75, 3.05) is 7.11 Å². The van der Waals surface area contributed by atoms with Gasteiger partial charge in [0.15, 0.2) is 0 Å². The van der Waals surface area contributed by atoms with Crippen molar-refractivity contribution in [2.24, 2.45) is 0 Å². The highest BCUT2D eigenvalue weighted by Crippen LogP contribution is 1.98. The van der Waals surface area contributed by atoms with Gasteiger partial charge in [-0.2, -0.15) is 0 Å². The van der Waals surface area contributed by atoms with Gasteiger partial charge in [0.25, 0.3) is 0 Å². The van der Waals surface area contributed by atoms with E-state index in [4.69, 9.17) is 5.11 Å². The molecule has 0 aromatic carbocycles. The van der Waals surface area contributed by atoms with Gasteiger partial charge >= 0.3 is 5.97 Å². The largest absolute Gasteiger partial charge is 0.466 e. The molecule has 0 rings (SSSR count). The van der Waals surface area contributed by atoms with Crippen LogP contribution in [0.2, 0.25) is 0 Å². The number of carbonyl (C=O) groups excluding carboxylic acids is 1. The second-order valence-corrected chi connectivity index (χ2v) is 2.34. The average molecular weight is 170 g/mol. The average Bonchev–Trinajstić information content (AvgIpc) is 2.04. The maximum Gasteiger partial charge on any atom is 0.330 e. The van der Waals surface area contributed by atoms with Gasteiger partial charge in [-0.15, -0.1) is 6.58 Å². The zero-order valence-electron chi connectivity index (χ0n) is 7.19. The molecule has 0 aliphatic carbocycles. The number of ether oxygens (including phenoxy) is 1. The number of methoxy groups -OCH3 is 1. The molecule has 3 heteroatoms. The van der Waals surface area contributed by atoms with Crippen LogP contribution in [-0.4, -0.2) is 24.3 Å². The van der Waals surface area contributed by atoms with Gasteiger partial charge in [-0.05, 0) is 12.8 Å². The third-order valence-electron chi connectivity index (χ3n) is 1.30. The molecule has 3 nitrogen and oxygen atoms in total. The van der Waals surface area contributed by atoms with E-state index in [1.165, 1.54) is 13.2 Å². The smallest absolute Gasteiger partial charge is 0.330 e. The number of rotatable bonds is 5. The molecule has 0 aliphatic rings. The zero-order valence-corrected chi connectivity index (χ0v) is 7.19. The van der Waals surface area contributed by atoms with Crippen LogP contribution in [0, 0.1) is 0 Å². The van der Waals surface area contributed by atoms with Crippen LogP contribution in [0.1, 0.15) is 12.8 Å². The maximum atomic E-state index is 10.5. The number of aliphatic hydroxyl groups is 1. The van der Waals surface area contributed by atoms with Crippen LogP contribution in [0.3, 0.4) is 0 Å². The molecule has 12 heavy (non-hydrogen) atoms. The Morgan fingerprint density at radius 1 is 1.67 bits per heavy atom. The summed E-state index contributed by atoms with van der Waals surface area (Å²) in [6.07, 6.45) is 5.04. The second-order valence-electron chi connectivity index (χ2n) is 2.34. The summed E-state index contributed by atoms with van der Waals surface area (Å²) in [6, 6.07) is 0. The van der Waals surface area contributed by atoms with E-state index >= 15 is 0 Å². The minimum absolute atomic E-state index is 0.402. The molecule has 0 aliphatic heterocycles. The topological polar surface area (TPSA) is 46.5 Å². The number of hydrogen-bond acceptors (Lipinski definition) is 3. The summed E-state index contributed by atoms with van der Waals surface area (Å²) < 4.78 is 4.36. The van der Waals surface area contributed by atoms with Crippen molar-refractivity contribution >= 4 is 5.97 Å². The molecule has 0 saturated carbocycles. The van der Waals surface area contributed by atoms with Crippen molar-refractivity contribution in [3.8, 4) is 0 Å². The van der Waals surface area contributed by atoms with Crippen LogP contribution in [0.5, 0.6) is 0 Å². The van der Waals surface area contributed by atoms with E-state index in [2.05, 4.69) is 11.3 Å². The maximum absolute atomic E-state index is 10.5. The minimum Gasteiger partial charge on any atom is -0.466 e. The summed E-state index contributed by atoms with van der Waals surface area (Å²) in [5.41, 5.74) is 0. The Bertz CT molecular complexity index is 173. The van der Waals surface area contributed by atoms with Gasteiger partial charge < -0.3 is 9.84 Å². The fourth-order valence-electron chi connectivity index (χ4n) is 0.678. The van der Waals surface area contributed by atoms with Gasteiger partial charge in [0.05, 0.1) is 13.2 Å². The molecule has 68 valence electrons. The van der Waals surface area contributed by atoms with Crippen molar-refractivity contribution in [1.82, 2.24) is 0 Å². The lowest BCUT2D eigenvalue weighted by molar-refractivity contribution is -0.134. The van der Waals surface area contributed by atoms with Gasteiger partial charge in [-0.1, -0.05) is 12.2 Å². The third kappa shape index (κ3) is 5.68. The van der Waals surface area contributed by atoms with Crippen LogP contribution in [0.15, 0.2) is 24.8 Å². The lowest BCUT2D eigenvalue weighted by atomic mass is 10.2. The number of carbonyl (C=O) groups is 1. The Morgan fingerprint density at radius 3 is 2.83 bits per heavy atom.